The minimum Gasteiger partial charge on any atom is -0.462 e. The van der Waals surface area contributed by atoms with Gasteiger partial charge in [-0.3, -0.25) is 14.4 Å². The first-order valence-corrected chi connectivity index (χ1v) is 30.8. The molecule has 0 heterocycles. The zero-order chi connectivity index (χ0) is 51.4. The molecule has 0 aromatic carbocycles. The van der Waals surface area contributed by atoms with Gasteiger partial charge in [-0.25, -0.2) is 0 Å². The van der Waals surface area contributed by atoms with Gasteiger partial charge in [0.05, 0.1) is 0 Å². The van der Waals surface area contributed by atoms with Gasteiger partial charge in [0.25, 0.3) is 0 Å². The summed E-state index contributed by atoms with van der Waals surface area (Å²) in [5.74, 6) is -0.866. The summed E-state index contributed by atoms with van der Waals surface area (Å²) in [4.78, 5) is 38.2. The molecule has 0 aliphatic rings. The third kappa shape index (κ3) is 57.9. The van der Waals surface area contributed by atoms with Crippen LogP contribution in [0.25, 0.3) is 0 Å². The maximum atomic E-state index is 12.9. The van der Waals surface area contributed by atoms with E-state index in [2.05, 4.69) is 81.5 Å². The van der Waals surface area contributed by atoms with Crippen molar-refractivity contribution in [2.75, 3.05) is 13.2 Å². The molecule has 0 aromatic heterocycles. The predicted molar refractivity (Wildman–Crippen MR) is 307 cm³/mol. The van der Waals surface area contributed by atoms with Crippen molar-refractivity contribution < 1.29 is 28.6 Å². The Morgan fingerprint density at radius 1 is 0.296 bits per heavy atom. The van der Waals surface area contributed by atoms with E-state index in [9.17, 15) is 14.4 Å². The first-order chi connectivity index (χ1) is 35.0. The topological polar surface area (TPSA) is 78.9 Å². The maximum absolute atomic E-state index is 12.9. The summed E-state index contributed by atoms with van der Waals surface area (Å²) < 4.78 is 16.9. The lowest BCUT2D eigenvalue weighted by Crippen LogP contribution is -2.30. The number of unbranched alkanes of at least 4 members (excludes halogenated alkanes) is 35. The van der Waals surface area contributed by atoms with Gasteiger partial charge < -0.3 is 14.2 Å². The van der Waals surface area contributed by atoms with Gasteiger partial charge in [-0.1, -0.05) is 274 Å². The number of allylic oxidation sites excluding steroid dienone is 10. The molecular formula is C65H116O6. The molecule has 412 valence electrons. The van der Waals surface area contributed by atoms with Crippen molar-refractivity contribution in [3.63, 3.8) is 0 Å². The van der Waals surface area contributed by atoms with Gasteiger partial charge in [-0.2, -0.15) is 0 Å². The Hall–Kier alpha value is -2.89. The highest BCUT2D eigenvalue weighted by Gasteiger charge is 2.19. The van der Waals surface area contributed by atoms with Crippen molar-refractivity contribution in [3.8, 4) is 0 Å². The van der Waals surface area contributed by atoms with Crippen molar-refractivity contribution in [3.05, 3.63) is 60.8 Å². The van der Waals surface area contributed by atoms with Gasteiger partial charge in [-0.05, 0) is 83.5 Å². The first-order valence-electron chi connectivity index (χ1n) is 30.8. The van der Waals surface area contributed by atoms with Crippen LogP contribution >= 0.6 is 0 Å². The summed E-state index contributed by atoms with van der Waals surface area (Å²) in [6, 6.07) is 0. The fourth-order valence-electron chi connectivity index (χ4n) is 8.90. The molecule has 0 saturated heterocycles. The van der Waals surface area contributed by atoms with Gasteiger partial charge in [0.1, 0.15) is 13.2 Å². The third-order valence-electron chi connectivity index (χ3n) is 13.5. The monoisotopic (exact) mass is 993 g/mol. The molecule has 0 aliphatic heterocycles. The lowest BCUT2D eigenvalue weighted by Gasteiger charge is -2.18. The molecule has 0 radical (unpaired) electrons. The van der Waals surface area contributed by atoms with Crippen LogP contribution in [0.3, 0.4) is 0 Å². The summed E-state index contributed by atoms with van der Waals surface area (Å²) in [5, 5.41) is 0. The second-order valence-electron chi connectivity index (χ2n) is 20.6. The number of carbonyl (C=O) groups excluding carboxylic acids is 3. The number of rotatable bonds is 56. The van der Waals surface area contributed by atoms with Crippen LogP contribution in [0.15, 0.2) is 60.8 Å². The van der Waals surface area contributed by atoms with E-state index in [4.69, 9.17) is 14.2 Å². The van der Waals surface area contributed by atoms with Crippen LogP contribution in [0.2, 0.25) is 0 Å². The van der Waals surface area contributed by atoms with E-state index in [1.54, 1.807) is 0 Å². The van der Waals surface area contributed by atoms with Crippen molar-refractivity contribution >= 4 is 17.9 Å². The van der Waals surface area contributed by atoms with E-state index in [1.165, 1.54) is 193 Å². The first kappa shape index (κ1) is 68.1. The van der Waals surface area contributed by atoms with Gasteiger partial charge in [-0.15, -0.1) is 0 Å². The van der Waals surface area contributed by atoms with Crippen LogP contribution in [-0.2, 0) is 28.6 Å². The van der Waals surface area contributed by atoms with Crippen molar-refractivity contribution in [2.24, 2.45) is 0 Å². The smallest absolute Gasteiger partial charge is 0.306 e. The van der Waals surface area contributed by atoms with Crippen LogP contribution in [0, 0.1) is 0 Å². The minimum atomic E-state index is -0.774. The van der Waals surface area contributed by atoms with Crippen LogP contribution in [-0.4, -0.2) is 37.2 Å². The van der Waals surface area contributed by atoms with Crippen LogP contribution in [0.1, 0.15) is 316 Å². The average Bonchev–Trinajstić information content (AvgIpc) is 3.37. The Balaban J connectivity index is 4.23. The number of hydrogen-bond donors (Lipinski definition) is 0. The number of ether oxygens (including phenoxy) is 3. The zero-order valence-electron chi connectivity index (χ0n) is 47.2. The molecular weight excluding hydrogens is 877 g/mol. The van der Waals surface area contributed by atoms with E-state index in [-0.39, 0.29) is 31.1 Å². The molecule has 0 aromatic rings. The number of carbonyl (C=O) groups is 3. The molecule has 0 spiro atoms. The van der Waals surface area contributed by atoms with E-state index in [0.717, 1.165) is 83.5 Å². The average molecular weight is 994 g/mol. The molecule has 71 heavy (non-hydrogen) atoms. The summed E-state index contributed by atoms with van der Waals surface area (Å²) in [6.07, 6.45) is 75.1. The molecule has 0 aliphatic carbocycles. The SMILES string of the molecule is CC/C=C\C/C=C\C/C=C\C/C=C\CCCCCCCCCCCCCCC(=O)OCC(COC(=O)CCCCCCCCCCCC)OC(=O)CCCCCCCCC/C=C\CCCCCCCCC. The minimum absolute atomic E-state index is 0.0728. The fourth-order valence-corrected chi connectivity index (χ4v) is 8.90. The Morgan fingerprint density at radius 2 is 0.549 bits per heavy atom. The lowest BCUT2D eigenvalue weighted by molar-refractivity contribution is -0.167. The van der Waals surface area contributed by atoms with E-state index in [1.807, 2.05) is 0 Å². The Bertz CT molecular complexity index is 1280. The molecule has 6 heteroatoms. The van der Waals surface area contributed by atoms with Crippen molar-refractivity contribution in [2.45, 2.75) is 322 Å². The normalized spacial score (nSPS) is 12.4. The summed E-state index contributed by atoms with van der Waals surface area (Å²) >= 11 is 0. The predicted octanol–water partition coefficient (Wildman–Crippen LogP) is 20.8. The molecule has 0 fully saturated rings. The van der Waals surface area contributed by atoms with E-state index >= 15 is 0 Å². The third-order valence-corrected chi connectivity index (χ3v) is 13.5. The highest BCUT2D eigenvalue weighted by atomic mass is 16.6. The summed E-state index contributed by atoms with van der Waals surface area (Å²) in [7, 11) is 0. The quantitative estimate of drug-likeness (QED) is 0.0261. The standard InChI is InChI=1S/C65H116O6/c1-4-7-10-13-16-19-22-24-26-28-30-31-32-33-34-35-36-38-39-41-43-46-49-52-55-58-64(67)70-61-62(60-69-63(66)57-54-51-48-45-21-18-15-12-9-6-3)71-65(68)59-56-53-50-47-44-42-40-37-29-27-25-23-20-17-14-11-8-5-2/h7,10,16,19,24,26-27,29-31,62H,4-6,8-9,11-15,17-18,20-23,25,28,32-61H2,1-3H3/b10-7-,19-16-,26-24-,29-27-,31-30-. The largest absolute Gasteiger partial charge is 0.462 e. The maximum Gasteiger partial charge on any atom is 0.306 e. The number of esters is 3. The van der Waals surface area contributed by atoms with Gasteiger partial charge in [0, 0.05) is 19.3 Å². The molecule has 0 bridgehead atoms. The Kier molecular flexibility index (Phi) is 57.2. The van der Waals surface area contributed by atoms with Crippen LogP contribution < -0.4 is 0 Å². The van der Waals surface area contributed by atoms with Crippen LogP contribution in [0.5, 0.6) is 0 Å². The zero-order valence-corrected chi connectivity index (χ0v) is 47.2. The molecule has 6 nitrogen and oxygen atoms in total. The van der Waals surface area contributed by atoms with Gasteiger partial charge in [0.2, 0.25) is 0 Å². The highest BCUT2D eigenvalue weighted by molar-refractivity contribution is 5.71. The van der Waals surface area contributed by atoms with E-state index in [0.29, 0.717) is 19.3 Å². The molecule has 0 amide bonds. The van der Waals surface area contributed by atoms with Gasteiger partial charge in [0.15, 0.2) is 6.10 Å². The highest BCUT2D eigenvalue weighted by Crippen LogP contribution is 2.16. The molecule has 1 atom stereocenters. The molecule has 0 N–H and O–H groups in total. The summed E-state index contributed by atoms with van der Waals surface area (Å²) in [6.45, 7) is 6.54. The molecule has 0 saturated carbocycles. The second kappa shape index (κ2) is 59.7. The van der Waals surface area contributed by atoms with Crippen molar-refractivity contribution in [1.29, 1.82) is 0 Å². The number of hydrogen-bond acceptors (Lipinski definition) is 6. The Labute approximate surface area is 440 Å². The van der Waals surface area contributed by atoms with Gasteiger partial charge >= 0.3 is 17.9 Å². The molecule has 0 rings (SSSR count). The van der Waals surface area contributed by atoms with Crippen LogP contribution in [0.4, 0.5) is 0 Å². The van der Waals surface area contributed by atoms with E-state index < -0.39 is 6.10 Å². The Morgan fingerprint density at radius 3 is 0.873 bits per heavy atom. The second-order valence-corrected chi connectivity index (χ2v) is 20.6. The lowest BCUT2D eigenvalue weighted by atomic mass is 10.0. The fraction of sp³-hybridized carbons (Fsp3) is 0.800. The summed E-state index contributed by atoms with van der Waals surface area (Å²) in [5.41, 5.74) is 0. The molecule has 1 unspecified atom stereocenters. The van der Waals surface area contributed by atoms with Crippen molar-refractivity contribution in [1.82, 2.24) is 0 Å².